The third-order valence-electron chi connectivity index (χ3n) is 5.44. The van der Waals surface area contributed by atoms with Crippen LogP contribution in [0.5, 0.6) is 0 Å². The second-order valence-electron chi connectivity index (χ2n) is 7.47. The molecule has 0 aromatic carbocycles. The van der Waals surface area contributed by atoms with E-state index in [9.17, 15) is 4.79 Å². The lowest BCUT2D eigenvalue weighted by atomic mass is 9.86. The summed E-state index contributed by atoms with van der Waals surface area (Å²) in [5.41, 5.74) is 0.838. The highest BCUT2D eigenvalue weighted by atomic mass is 16.1. The Labute approximate surface area is 155 Å². The number of hydrogen-bond donors (Lipinski definition) is 1. The minimum atomic E-state index is -0.382. The Morgan fingerprint density at radius 2 is 2.23 bits per heavy atom. The molecule has 7 nitrogen and oxygen atoms in total. The Balaban J connectivity index is 1.49. The number of nitrogens with zero attached hydrogens (tertiary/aromatic N) is 5. The first-order valence-corrected chi connectivity index (χ1v) is 9.36. The number of terminal acetylenes is 1. The minimum Gasteiger partial charge on any atom is -0.356 e. The van der Waals surface area contributed by atoms with E-state index in [4.69, 9.17) is 6.42 Å². The molecule has 0 saturated carbocycles. The van der Waals surface area contributed by atoms with Gasteiger partial charge in [-0.25, -0.2) is 0 Å². The third kappa shape index (κ3) is 4.50. The van der Waals surface area contributed by atoms with E-state index in [1.54, 1.807) is 0 Å². The van der Waals surface area contributed by atoms with Gasteiger partial charge in [0.25, 0.3) is 0 Å². The molecule has 7 heteroatoms. The standard InChI is InChI=1S/C19H28N6O/c1-4-5-9-19(22-23-19)10-8-17(26)20-12-15-7-6-11-24(2)18(15)16-13-21-25(3)14-16/h1,13-15,18H,5-12H2,2-3H3,(H,20,26). The first kappa shape index (κ1) is 18.6. The SMILES string of the molecule is C#CCCC1(CCC(=O)NCC2CCCN(C)C2c2cnn(C)c2)N=N1. The molecule has 1 amide bonds. The number of amides is 1. The molecule has 0 aliphatic carbocycles. The maximum atomic E-state index is 12.3. The summed E-state index contributed by atoms with van der Waals surface area (Å²) in [6, 6.07) is 0.299. The summed E-state index contributed by atoms with van der Waals surface area (Å²) in [5, 5.41) is 15.6. The van der Waals surface area contributed by atoms with Gasteiger partial charge in [-0.15, -0.1) is 12.3 Å². The maximum absolute atomic E-state index is 12.3. The van der Waals surface area contributed by atoms with Crippen LogP contribution >= 0.6 is 0 Å². The van der Waals surface area contributed by atoms with Crippen molar-refractivity contribution >= 4 is 5.91 Å². The van der Waals surface area contributed by atoms with Crippen molar-refractivity contribution < 1.29 is 4.79 Å². The van der Waals surface area contributed by atoms with E-state index in [2.05, 4.69) is 44.7 Å². The number of carbonyl (C=O) groups is 1. The number of hydrogen-bond acceptors (Lipinski definition) is 5. The van der Waals surface area contributed by atoms with E-state index < -0.39 is 0 Å². The van der Waals surface area contributed by atoms with Gasteiger partial charge in [0.15, 0.2) is 5.66 Å². The Morgan fingerprint density at radius 3 is 2.88 bits per heavy atom. The highest BCUT2D eigenvalue weighted by Crippen LogP contribution is 2.37. The minimum absolute atomic E-state index is 0.0699. The van der Waals surface area contributed by atoms with Crippen LogP contribution in [0.3, 0.4) is 0 Å². The van der Waals surface area contributed by atoms with E-state index >= 15 is 0 Å². The van der Waals surface area contributed by atoms with Gasteiger partial charge in [0.2, 0.25) is 5.91 Å². The van der Waals surface area contributed by atoms with Gasteiger partial charge in [-0.2, -0.15) is 15.3 Å². The Morgan fingerprint density at radius 1 is 1.42 bits per heavy atom. The van der Waals surface area contributed by atoms with Crippen LogP contribution in [0.4, 0.5) is 0 Å². The van der Waals surface area contributed by atoms with Crippen LogP contribution in [0.25, 0.3) is 0 Å². The zero-order chi connectivity index (χ0) is 18.6. The largest absolute Gasteiger partial charge is 0.356 e. The fraction of sp³-hybridized carbons (Fsp3) is 0.684. The Hall–Kier alpha value is -2.20. The molecule has 140 valence electrons. The lowest BCUT2D eigenvalue weighted by Gasteiger charge is -2.39. The molecule has 0 bridgehead atoms. The van der Waals surface area contributed by atoms with Crippen LogP contribution in [0.2, 0.25) is 0 Å². The molecule has 2 aliphatic rings. The number of aryl methyl sites for hydroxylation is 1. The van der Waals surface area contributed by atoms with Gasteiger partial charge in [0, 0.05) is 57.1 Å². The normalized spacial score (nSPS) is 24.2. The summed E-state index contributed by atoms with van der Waals surface area (Å²) >= 11 is 0. The molecule has 2 atom stereocenters. The van der Waals surface area contributed by atoms with Gasteiger partial charge >= 0.3 is 0 Å². The highest BCUT2D eigenvalue weighted by molar-refractivity contribution is 5.76. The van der Waals surface area contributed by atoms with Gasteiger partial charge in [-0.1, -0.05) is 0 Å². The van der Waals surface area contributed by atoms with Crippen LogP contribution < -0.4 is 5.32 Å². The highest BCUT2D eigenvalue weighted by Gasteiger charge is 2.39. The summed E-state index contributed by atoms with van der Waals surface area (Å²) in [5.74, 6) is 3.08. The van der Waals surface area contributed by atoms with Crippen LogP contribution in [0.1, 0.15) is 50.1 Å². The summed E-state index contributed by atoms with van der Waals surface area (Å²) in [7, 11) is 4.09. The summed E-state index contributed by atoms with van der Waals surface area (Å²) in [6.45, 7) is 1.76. The zero-order valence-electron chi connectivity index (χ0n) is 15.7. The van der Waals surface area contributed by atoms with Crippen LogP contribution in [-0.4, -0.2) is 46.4 Å². The van der Waals surface area contributed by atoms with Gasteiger partial charge in [-0.05, 0) is 32.4 Å². The summed E-state index contributed by atoms with van der Waals surface area (Å²) < 4.78 is 1.84. The molecule has 2 aliphatic heterocycles. The molecule has 3 heterocycles. The van der Waals surface area contributed by atoms with Crippen LogP contribution in [0, 0.1) is 18.3 Å². The number of carbonyl (C=O) groups excluding carboxylic acids is 1. The molecule has 1 saturated heterocycles. The summed E-state index contributed by atoms with van der Waals surface area (Å²) in [6.07, 6.45) is 14.1. The number of rotatable bonds is 8. The molecule has 1 aromatic heterocycles. The number of nitrogens with one attached hydrogen (secondary N) is 1. The molecule has 1 N–H and O–H groups in total. The van der Waals surface area contributed by atoms with Gasteiger partial charge in [0.1, 0.15) is 0 Å². The first-order valence-electron chi connectivity index (χ1n) is 9.36. The Kier molecular flexibility index (Phi) is 5.72. The third-order valence-corrected chi connectivity index (χ3v) is 5.44. The van der Waals surface area contributed by atoms with Crippen molar-refractivity contribution in [2.45, 2.75) is 50.2 Å². The van der Waals surface area contributed by atoms with Crippen molar-refractivity contribution in [1.82, 2.24) is 20.0 Å². The first-order chi connectivity index (χ1) is 12.5. The molecule has 0 radical (unpaired) electrons. The van der Waals surface area contributed by atoms with Gasteiger partial charge in [-0.3, -0.25) is 14.4 Å². The van der Waals surface area contributed by atoms with Crippen LogP contribution in [0.15, 0.2) is 22.6 Å². The fourth-order valence-electron chi connectivity index (χ4n) is 3.91. The lowest BCUT2D eigenvalue weighted by Crippen LogP contribution is -2.41. The Bertz CT molecular complexity index is 697. The average Bonchev–Trinajstić information content (AvgIpc) is 3.28. The smallest absolute Gasteiger partial charge is 0.220 e. The van der Waals surface area contributed by atoms with Gasteiger partial charge in [0.05, 0.1) is 6.20 Å². The van der Waals surface area contributed by atoms with Crippen molar-refractivity contribution in [3.05, 3.63) is 18.0 Å². The molecular weight excluding hydrogens is 328 g/mol. The van der Waals surface area contributed by atoms with E-state index in [1.807, 2.05) is 17.9 Å². The zero-order valence-corrected chi connectivity index (χ0v) is 15.7. The quantitative estimate of drug-likeness (QED) is 0.726. The number of piperidine rings is 1. The second-order valence-corrected chi connectivity index (χ2v) is 7.47. The lowest BCUT2D eigenvalue weighted by molar-refractivity contribution is -0.121. The van der Waals surface area contributed by atoms with Crippen molar-refractivity contribution in [3.8, 4) is 12.3 Å². The molecule has 26 heavy (non-hydrogen) atoms. The van der Waals surface area contributed by atoms with Crippen molar-refractivity contribution in [3.63, 3.8) is 0 Å². The molecule has 1 fully saturated rings. The maximum Gasteiger partial charge on any atom is 0.220 e. The summed E-state index contributed by atoms with van der Waals surface area (Å²) in [4.78, 5) is 14.7. The predicted molar refractivity (Wildman–Crippen MR) is 99.2 cm³/mol. The molecular formula is C19H28N6O. The molecule has 1 aromatic rings. The molecule has 2 unspecified atom stereocenters. The van der Waals surface area contributed by atoms with E-state index in [0.717, 1.165) is 25.8 Å². The number of aromatic nitrogens is 2. The van der Waals surface area contributed by atoms with Crippen LogP contribution in [-0.2, 0) is 11.8 Å². The topological polar surface area (TPSA) is 74.9 Å². The molecule has 0 spiro atoms. The average molecular weight is 356 g/mol. The fourth-order valence-corrected chi connectivity index (χ4v) is 3.91. The second kappa shape index (κ2) is 8.00. The van der Waals surface area contributed by atoms with E-state index in [-0.39, 0.29) is 11.6 Å². The molecule has 3 rings (SSSR count). The van der Waals surface area contributed by atoms with E-state index in [1.165, 1.54) is 5.56 Å². The van der Waals surface area contributed by atoms with Crippen molar-refractivity contribution in [2.24, 2.45) is 23.2 Å². The number of likely N-dealkylation sites (tertiary alicyclic amines) is 1. The predicted octanol–water partition coefficient (Wildman–Crippen LogP) is 2.27. The van der Waals surface area contributed by atoms with Gasteiger partial charge < -0.3 is 5.32 Å². The van der Waals surface area contributed by atoms with Crippen molar-refractivity contribution in [2.75, 3.05) is 20.1 Å². The van der Waals surface area contributed by atoms with Crippen molar-refractivity contribution in [1.29, 1.82) is 0 Å². The monoisotopic (exact) mass is 356 g/mol. The van der Waals surface area contributed by atoms with E-state index in [0.29, 0.717) is 37.8 Å².